The van der Waals surface area contributed by atoms with Crippen molar-refractivity contribution >= 4 is 11.9 Å². The van der Waals surface area contributed by atoms with Crippen molar-refractivity contribution in [2.75, 3.05) is 13.1 Å². The van der Waals surface area contributed by atoms with E-state index in [1.165, 1.54) is 24.3 Å². The van der Waals surface area contributed by atoms with E-state index in [1.54, 1.807) is 11.8 Å². The van der Waals surface area contributed by atoms with Crippen LogP contribution in [0.5, 0.6) is 0 Å². The van der Waals surface area contributed by atoms with Gasteiger partial charge in [0.15, 0.2) is 0 Å². The number of benzene rings is 2. The van der Waals surface area contributed by atoms with E-state index in [0.717, 1.165) is 12.1 Å². The van der Waals surface area contributed by atoms with Crippen LogP contribution >= 0.6 is 0 Å². The molecule has 0 radical (unpaired) electrons. The molecule has 4 rings (SSSR count). The van der Waals surface area contributed by atoms with Crippen molar-refractivity contribution in [2.45, 2.75) is 61.9 Å². The van der Waals surface area contributed by atoms with Crippen LogP contribution < -0.4 is 0 Å². The lowest BCUT2D eigenvalue weighted by Crippen LogP contribution is -2.53. The molecule has 1 aliphatic heterocycles. The lowest BCUT2D eigenvalue weighted by molar-refractivity contribution is -0.376. The lowest BCUT2D eigenvalue weighted by Gasteiger charge is -2.34. The van der Waals surface area contributed by atoms with Crippen molar-refractivity contribution in [1.82, 2.24) is 4.90 Å². The Kier molecular flexibility index (Phi) is 7.72. The number of aliphatic hydroxyl groups is 1. The number of rotatable bonds is 5. The zero-order valence-corrected chi connectivity index (χ0v) is 21.4. The number of carbonyl (C=O) groups is 2. The van der Waals surface area contributed by atoms with Gasteiger partial charge in [0.25, 0.3) is 5.60 Å². The third-order valence-electron chi connectivity index (χ3n) is 8.48. The predicted octanol–water partition coefficient (Wildman–Crippen LogP) is 5.91. The van der Waals surface area contributed by atoms with Crippen LogP contribution in [0.25, 0.3) is 0 Å². The summed E-state index contributed by atoms with van der Waals surface area (Å²) in [6.07, 6.45) is -10.6. The van der Waals surface area contributed by atoms with Gasteiger partial charge in [-0.25, -0.2) is 4.39 Å². The molecule has 12 heteroatoms. The maximum atomic E-state index is 13.7. The minimum absolute atomic E-state index is 0.0910. The van der Waals surface area contributed by atoms with Crippen molar-refractivity contribution in [3.8, 4) is 0 Å². The van der Waals surface area contributed by atoms with Gasteiger partial charge in [0.1, 0.15) is 5.82 Å². The van der Waals surface area contributed by atoms with Crippen LogP contribution in [0.15, 0.2) is 48.5 Å². The first-order valence-corrected chi connectivity index (χ1v) is 12.7. The number of amides is 1. The minimum Gasteiger partial charge on any atom is -0.481 e. The normalized spacial score (nSPS) is 26.1. The van der Waals surface area contributed by atoms with Gasteiger partial charge in [-0.3, -0.25) is 9.59 Å². The van der Waals surface area contributed by atoms with Crippen LogP contribution in [0.1, 0.15) is 55.2 Å². The third kappa shape index (κ3) is 5.17. The molecule has 2 N–H and O–H groups in total. The maximum absolute atomic E-state index is 13.7. The third-order valence-corrected chi connectivity index (χ3v) is 8.48. The average Bonchev–Trinajstić information content (AvgIpc) is 3.25. The molecule has 2 aromatic rings. The van der Waals surface area contributed by atoms with Gasteiger partial charge < -0.3 is 15.1 Å². The van der Waals surface area contributed by atoms with Crippen molar-refractivity contribution < 1.29 is 50.5 Å². The fourth-order valence-corrected chi connectivity index (χ4v) is 6.05. The van der Waals surface area contributed by atoms with Crippen molar-refractivity contribution in [2.24, 2.45) is 11.8 Å². The molecule has 1 aliphatic carbocycles. The van der Waals surface area contributed by atoms with Gasteiger partial charge in [0.05, 0.1) is 5.92 Å². The zero-order valence-electron chi connectivity index (χ0n) is 21.4. The Balaban J connectivity index is 1.67. The maximum Gasteiger partial charge on any atom is 0.430 e. The van der Waals surface area contributed by atoms with E-state index in [1.807, 2.05) is 0 Å². The summed E-state index contributed by atoms with van der Waals surface area (Å²) in [5.41, 5.74) is -6.37. The summed E-state index contributed by atoms with van der Waals surface area (Å²) in [6, 6.07) is 8.82. The molecule has 40 heavy (non-hydrogen) atoms. The van der Waals surface area contributed by atoms with Crippen LogP contribution in [0.2, 0.25) is 0 Å². The van der Waals surface area contributed by atoms with Crippen molar-refractivity contribution in [3.63, 3.8) is 0 Å². The topological polar surface area (TPSA) is 77.8 Å². The second-order valence-corrected chi connectivity index (χ2v) is 10.9. The quantitative estimate of drug-likeness (QED) is 0.435. The summed E-state index contributed by atoms with van der Waals surface area (Å²) in [5.74, 6) is -3.15. The molecule has 2 aliphatic rings. The summed E-state index contributed by atoms with van der Waals surface area (Å²) in [6.45, 7) is 2.03. The molecule has 2 atom stereocenters. The number of carbonyl (C=O) groups excluding carboxylic acids is 1. The molecule has 1 saturated carbocycles. The van der Waals surface area contributed by atoms with Gasteiger partial charge in [-0.2, -0.15) is 26.3 Å². The monoisotopic (exact) mass is 575 g/mol. The van der Waals surface area contributed by atoms with E-state index >= 15 is 0 Å². The molecular weight excluding hydrogens is 547 g/mol. The highest BCUT2D eigenvalue weighted by atomic mass is 19.4. The molecule has 1 saturated heterocycles. The Morgan fingerprint density at radius 3 is 1.82 bits per heavy atom. The van der Waals surface area contributed by atoms with Gasteiger partial charge in [-0.1, -0.05) is 43.3 Å². The van der Waals surface area contributed by atoms with Crippen molar-refractivity contribution in [1.29, 1.82) is 0 Å². The Labute approximate surface area is 225 Å². The molecule has 0 spiro atoms. The number of hydrogen-bond donors (Lipinski definition) is 2. The Hall–Kier alpha value is -3.15. The SMILES string of the molecule is C[C@]1(c2ccc(F)cc2)CN(C(=O)C2CCC(C(=O)O)CC2)C[C@H]1c1ccc(C(O)(C(F)(F)F)C(F)(F)F)cc1. The number of hydrogen-bond acceptors (Lipinski definition) is 3. The highest BCUT2D eigenvalue weighted by Gasteiger charge is 2.71. The molecule has 218 valence electrons. The standard InChI is InChI=1S/C28H28F7NO4/c1-25(19-10-12-21(29)13-11-19)15-36(23(37)17-2-4-18(5-3-17)24(38)39)14-22(25)16-6-8-20(9-7-16)26(40,27(30,31)32)28(33,34)35/h6-13,17-18,22,40H,2-5,14-15H2,1H3,(H,38,39)/t17?,18?,22-,25+/m0/s1. The second kappa shape index (κ2) is 10.4. The first kappa shape index (κ1) is 29.8. The Bertz CT molecular complexity index is 1220. The number of likely N-dealkylation sites (tertiary alicyclic amines) is 1. The number of aliphatic carboxylic acids is 1. The molecule has 5 nitrogen and oxygen atoms in total. The zero-order chi connectivity index (χ0) is 29.7. The number of alkyl halides is 6. The van der Waals surface area contributed by atoms with E-state index in [4.69, 9.17) is 0 Å². The van der Waals surface area contributed by atoms with E-state index in [-0.39, 0.29) is 19.0 Å². The molecule has 1 amide bonds. The summed E-state index contributed by atoms with van der Waals surface area (Å²) >= 11 is 0. The molecule has 2 aromatic carbocycles. The summed E-state index contributed by atoms with van der Waals surface area (Å²) < 4.78 is 93.9. The van der Waals surface area contributed by atoms with Crippen LogP contribution in [-0.2, 0) is 20.6 Å². The summed E-state index contributed by atoms with van der Waals surface area (Å²) in [4.78, 5) is 26.3. The van der Waals surface area contributed by atoms with Crippen LogP contribution in [-0.4, -0.2) is 52.4 Å². The molecule has 0 bridgehead atoms. The molecular formula is C28H28F7NO4. The van der Waals surface area contributed by atoms with E-state index in [9.17, 15) is 50.5 Å². The van der Waals surface area contributed by atoms with Gasteiger partial charge >= 0.3 is 18.3 Å². The number of carboxylic acids is 1. The molecule has 2 fully saturated rings. The molecule has 1 heterocycles. The molecule has 0 aromatic heterocycles. The predicted molar refractivity (Wildman–Crippen MR) is 129 cm³/mol. The van der Waals surface area contributed by atoms with Gasteiger partial charge in [-0.15, -0.1) is 0 Å². The van der Waals surface area contributed by atoms with Gasteiger partial charge in [0.2, 0.25) is 5.91 Å². The lowest BCUT2D eigenvalue weighted by atomic mass is 9.71. The van der Waals surface area contributed by atoms with E-state index < -0.39 is 58.5 Å². The van der Waals surface area contributed by atoms with E-state index in [0.29, 0.717) is 48.9 Å². The van der Waals surface area contributed by atoms with E-state index in [2.05, 4.69) is 0 Å². The first-order valence-electron chi connectivity index (χ1n) is 12.7. The van der Waals surface area contributed by atoms with Crippen LogP contribution in [0, 0.1) is 17.7 Å². The minimum atomic E-state index is -6.02. The van der Waals surface area contributed by atoms with Crippen LogP contribution in [0.3, 0.4) is 0 Å². The highest BCUT2D eigenvalue weighted by Crippen LogP contribution is 2.51. The number of nitrogens with zero attached hydrogens (tertiary/aromatic N) is 1. The highest BCUT2D eigenvalue weighted by molar-refractivity contribution is 5.80. The van der Waals surface area contributed by atoms with Gasteiger partial charge in [0, 0.05) is 35.9 Å². The van der Waals surface area contributed by atoms with Gasteiger partial charge in [-0.05, 0) is 48.9 Å². The Morgan fingerprint density at radius 1 is 0.850 bits per heavy atom. The number of carboxylic acid groups (broad SMARTS) is 1. The fraction of sp³-hybridized carbons (Fsp3) is 0.500. The fourth-order valence-electron chi connectivity index (χ4n) is 6.05. The smallest absolute Gasteiger partial charge is 0.430 e. The summed E-state index contributed by atoms with van der Waals surface area (Å²) in [5, 5.41) is 19.0. The van der Waals surface area contributed by atoms with Crippen LogP contribution in [0.4, 0.5) is 30.7 Å². The molecule has 0 unspecified atom stereocenters. The first-order chi connectivity index (χ1) is 18.5. The average molecular weight is 576 g/mol. The Morgan fingerprint density at radius 2 is 1.35 bits per heavy atom. The summed E-state index contributed by atoms with van der Waals surface area (Å²) in [7, 11) is 0. The largest absolute Gasteiger partial charge is 0.481 e. The second-order valence-electron chi connectivity index (χ2n) is 10.9. The number of halogens is 7. The van der Waals surface area contributed by atoms with Crippen molar-refractivity contribution in [3.05, 3.63) is 71.0 Å².